The summed E-state index contributed by atoms with van der Waals surface area (Å²) in [5.74, 6) is -1.37. The molecule has 0 spiro atoms. The van der Waals surface area contributed by atoms with Crippen LogP contribution in [-0.2, 0) is 4.79 Å². The molecule has 3 N–H and O–H groups in total. The average Bonchev–Trinajstić information content (AvgIpc) is 2.49. The molecular weight excluding hydrogens is 277 g/mol. The Labute approximate surface area is 119 Å². The Morgan fingerprint density at radius 1 is 1.24 bits per heavy atom. The van der Waals surface area contributed by atoms with Crippen LogP contribution in [0.1, 0.15) is 11.6 Å². The molecule has 0 aliphatic heterocycles. The van der Waals surface area contributed by atoms with E-state index in [-0.39, 0.29) is 5.69 Å². The molecule has 6 nitrogen and oxygen atoms in total. The van der Waals surface area contributed by atoms with Crippen molar-refractivity contribution in [2.75, 3.05) is 5.32 Å². The zero-order chi connectivity index (χ0) is 15.4. The van der Waals surface area contributed by atoms with Crippen molar-refractivity contribution in [3.05, 3.63) is 70.0 Å². The summed E-state index contributed by atoms with van der Waals surface area (Å²) in [6.45, 7) is 0. The van der Waals surface area contributed by atoms with Crippen molar-refractivity contribution in [2.24, 2.45) is 5.73 Å². The topological polar surface area (TPSA) is 98.3 Å². The predicted octanol–water partition coefficient (Wildman–Crippen LogP) is 2.37. The van der Waals surface area contributed by atoms with Crippen molar-refractivity contribution >= 4 is 17.3 Å². The van der Waals surface area contributed by atoms with Crippen molar-refractivity contribution in [1.82, 2.24) is 0 Å². The van der Waals surface area contributed by atoms with Crippen LogP contribution in [0.5, 0.6) is 0 Å². The van der Waals surface area contributed by atoms with Crippen LogP contribution in [0.3, 0.4) is 0 Å². The Bertz CT molecular complexity index is 676. The third-order valence-corrected chi connectivity index (χ3v) is 2.86. The molecule has 2 rings (SSSR count). The minimum absolute atomic E-state index is 0.0993. The summed E-state index contributed by atoms with van der Waals surface area (Å²) in [7, 11) is 0. The Kier molecular flexibility index (Phi) is 4.24. The minimum atomic E-state index is -0.976. The number of nitrogens with two attached hydrogens (primary N) is 1. The number of benzene rings is 2. The maximum atomic E-state index is 13.0. The third kappa shape index (κ3) is 3.40. The van der Waals surface area contributed by atoms with Gasteiger partial charge in [-0.15, -0.1) is 0 Å². The van der Waals surface area contributed by atoms with E-state index in [0.717, 1.165) is 18.2 Å². The first-order valence-electron chi connectivity index (χ1n) is 6.04. The first-order chi connectivity index (χ1) is 9.99. The number of carbonyl (C=O) groups excluding carboxylic acids is 1. The number of carbonyl (C=O) groups is 1. The molecule has 0 heterocycles. The summed E-state index contributed by atoms with van der Waals surface area (Å²) >= 11 is 0. The maximum absolute atomic E-state index is 13.0. The van der Waals surface area contributed by atoms with Gasteiger partial charge in [0.2, 0.25) is 5.91 Å². The monoisotopic (exact) mass is 289 g/mol. The Morgan fingerprint density at radius 3 is 2.52 bits per heavy atom. The van der Waals surface area contributed by atoms with Gasteiger partial charge in [0.05, 0.1) is 11.0 Å². The van der Waals surface area contributed by atoms with E-state index in [1.54, 1.807) is 30.3 Å². The second-order valence-corrected chi connectivity index (χ2v) is 4.30. The van der Waals surface area contributed by atoms with E-state index in [4.69, 9.17) is 5.73 Å². The van der Waals surface area contributed by atoms with Crippen LogP contribution in [0.2, 0.25) is 0 Å². The van der Waals surface area contributed by atoms with Crippen LogP contribution in [0.4, 0.5) is 15.8 Å². The van der Waals surface area contributed by atoms with E-state index in [0.29, 0.717) is 5.56 Å². The highest BCUT2D eigenvalue weighted by molar-refractivity contribution is 5.97. The summed E-state index contributed by atoms with van der Waals surface area (Å²) in [6.07, 6.45) is 0. The predicted molar refractivity (Wildman–Crippen MR) is 75.1 cm³/mol. The quantitative estimate of drug-likeness (QED) is 0.666. The first-order valence-corrected chi connectivity index (χ1v) is 6.04. The number of rotatable bonds is 4. The smallest absolute Gasteiger partial charge is 0.295 e. The Hall–Kier alpha value is -2.80. The van der Waals surface area contributed by atoms with Gasteiger partial charge in [-0.05, 0) is 17.7 Å². The fraction of sp³-hybridized carbons (Fsp3) is 0.0714. The molecule has 2 aromatic rings. The molecule has 0 bridgehead atoms. The zero-order valence-corrected chi connectivity index (χ0v) is 10.8. The molecule has 108 valence electrons. The zero-order valence-electron chi connectivity index (χ0n) is 10.8. The highest BCUT2D eigenvalue weighted by Gasteiger charge is 2.21. The van der Waals surface area contributed by atoms with E-state index >= 15 is 0 Å². The normalized spacial score (nSPS) is 11.7. The number of amides is 1. The first kappa shape index (κ1) is 14.6. The van der Waals surface area contributed by atoms with E-state index in [9.17, 15) is 19.3 Å². The molecule has 0 radical (unpaired) electrons. The molecule has 0 unspecified atom stereocenters. The van der Waals surface area contributed by atoms with Crippen molar-refractivity contribution < 1.29 is 14.1 Å². The van der Waals surface area contributed by atoms with Gasteiger partial charge in [-0.2, -0.15) is 0 Å². The number of nitrogens with one attached hydrogen (secondary N) is 1. The summed E-state index contributed by atoms with van der Waals surface area (Å²) in [5, 5.41) is 13.2. The average molecular weight is 289 g/mol. The molecule has 7 heteroatoms. The van der Waals surface area contributed by atoms with Crippen molar-refractivity contribution in [1.29, 1.82) is 0 Å². The Morgan fingerprint density at radius 2 is 1.90 bits per heavy atom. The molecule has 1 amide bonds. The molecule has 0 aromatic heterocycles. The van der Waals surface area contributed by atoms with E-state index in [1.165, 1.54) is 0 Å². The number of nitrogens with zero attached hydrogens (tertiary/aromatic N) is 1. The fourth-order valence-corrected chi connectivity index (χ4v) is 1.78. The van der Waals surface area contributed by atoms with Gasteiger partial charge >= 0.3 is 0 Å². The van der Waals surface area contributed by atoms with Gasteiger partial charge in [0.25, 0.3) is 5.69 Å². The maximum Gasteiger partial charge on any atom is 0.295 e. The SMILES string of the molecule is N[C@H](C(=O)Nc1ccc(F)cc1[N+](=O)[O-])c1ccccc1. The number of hydrogen-bond acceptors (Lipinski definition) is 4. The van der Waals surface area contributed by atoms with Crippen LogP contribution in [0.25, 0.3) is 0 Å². The number of nitro benzene ring substituents is 1. The third-order valence-electron chi connectivity index (χ3n) is 2.86. The minimum Gasteiger partial charge on any atom is -0.319 e. The van der Waals surface area contributed by atoms with E-state index < -0.39 is 28.4 Å². The van der Waals surface area contributed by atoms with E-state index in [2.05, 4.69) is 5.32 Å². The summed E-state index contributed by atoms with van der Waals surface area (Å²) in [5.41, 5.74) is 5.73. The lowest BCUT2D eigenvalue weighted by molar-refractivity contribution is -0.384. The molecule has 0 saturated heterocycles. The molecule has 21 heavy (non-hydrogen) atoms. The molecular formula is C14H12FN3O3. The molecule has 0 aliphatic rings. The molecule has 0 aliphatic carbocycles. The van der Waals surface area contributed by atoms with Crippen LogP contribution in [-0.4, -0.2) is 10.8 Å². The van der Waals surface area contributed by atoms with Gasteiger partial charge in [0.15, 0.2) is 0 Å². The standard InChI is InChI=1S/C14H12FN3O3/c15-10-6-7-11(12(8-10)18(20)21)17-14(19)13(16)9-4-2-1-3-5-9/h1-8,13H,16H2,(H,17,19)/t13-/m0/s1. The lowest BCUT2D eigenvalue weighted by Crippen LogP contribution is -2.28. The highest BCUT2D eigenvalue weighted by Crippen LogP contribution is 2.26. The summed E-state index contributed by atoms with van der Waals surface area (Å²) in [4.78, 5) is 22.1. The van der Waals surface area contributed by atoms with Crippen LogP contribution >= 0.6 is 0 Å². The van der Waals surface area contributed by atoms with Gasteiger partial charge in [-0.3, -0.25) is 14.9 Å². The molecule has 1 atom stereocenters. The van der Waals surface area contributed by atoms with E-state index in [1.807, 2.05) is 0 Å². The van der Waals surface area contributed by atoms with Crippen LogP contribution in [0, 0.1) is 15.9 Å². The summed E-state index contributed by atoms with van der Waals surface area (Å²) in [6, 6.07) is 10.5. The van der Waals surface area contributed by atoms with Gasteiger partial charge in [-0.1, -0.05) is 30.3 Å². The van der Waals surface area contributed by atoms with Gasteiger partial charge in [-0.25, -0.2) is 4.39 Å². The second kappa shape index (κ2) is 6.10. The van der Waals surface area contributed by atoms with Gasteiger partial charge < -0.3 is 11.1 Å². The van der Waals surface area contributed by atoms with Crippen molar-refractivity contribution in [3.63, 3.8) is 0 Å². The molecule has 2 aromatic carbocycles. The second-order valence-electron chi connectivity index (χ2n) is 4.30. The van der Waals surface area contributed by atoms with Crippen molar-refractivity contribution in [3.8, 4) is 0 Å². The number of halogens is 1. The lowest BCUT2D eigenvalue weighted by Gasteiger charge is -2.12. The van der Waals surface area contributed by atoms with Gasteiger partial charge in [0, 0.05) is 0 Å². The number of anilines is 1. The number of nitro groups is 1. The van der Waals surface area contributed by atoms with Gasteiger partial charge in [0.1, 0.15) is 17.5 Å². The highest BCUT2D eigenvalue weighted by atomic mass is 19.1. The fourth-order valence-electron chi connectivity index (χ4n) is 1.78. The Balaban J connectivity index is 2.22. The molecule has 0 fully saturated rings. The molecule has 0 saturated carbocycles. The van der Waals surface area contributed by atoms with Crippen LogP contribution < -0.4 is 11.1 Å². The number of hydrogen-bond donors (Lipinski definition) is 2. The van der Waals surface area contributed by atoms with Crippen molar-refractivity contribution in [2.45, 2.75) is 6.04 Å². The van der Waals surface area contributed by atoms with Crippen LogP contribution in [0.15, 0.2) is 48.5 Å². The lowest BCUT2D eigenvalue weighted by atomic mass is 10.1. The summed E-state index contributed by atoms with van der Waals surface area (Å²) < 4.78 is 13.0. The largest absolute Gasteiger partial charge is 0.319 e.